The maximum Gasteiger partial charge on any atom is 0.159 e. The molecule has 0 radical (unpaired) electrons. The van der Waals surface area contributed by atoms with Gasteiger partial charge in [0.1, 0.15) is 0 Å². The summed E-state index contributed by atoms with van der Waals surface area (Å²) in [6.07, 6.45) is 20.6. The first-order valence-electron chi connectivity index (χ1n) is 11.4. The molecular formula is C26H38N2O. The monoisotopic (exact) mass is 394 g/mol. The van der Waals surface area contributed by atoms with Crippen molar-refractivity contribution in [2.45, 2.75) is 90.6 Å². The van der Waals surface area contributed by atoms with E-state index in [2.05, 4.69) is 47.2 Å². The van der Waals surface area contributed by atoms with Crippen molar-refractivity contribution >= 4 is 0 Å². The van der Waals surface area contributed by atoms with Crippen LogP contribution in [-0.2, 0) is 12.8 Å². The highest BCUT2D eigenvalue weighted by Gasteiger charge is 2.09. The molecule has 1 heterocycles. The third-order valence-corrected chi connectivity index (χ3v) is 5.25. The number of aliphatic hydroxyl groups is 1. The van der Waals surface area contributed by atoms with E-state index in [1.165, 1.54) is 61.6 Å². The lowest BCUT2D eigenvalue weighted by molar-refractivity contribution is 0.180. The molecule has 0 saturated heterocycles. The van der Waals surface area contributed by atoms with Gasteiger partial charge in [0.15, 0.2) is 5.82 Å². The van der Waals surface area contributed by atoms with E-state index in [1.807, 2.05) is 25.4 Å². The molecule has 0 amide bonds. The minimum absolute atomic E-state index is 0.177. The standard InChI is InChI=1S/C26H38N2O/c1-3-4-5-6-7-8-12-16-24-21-23(15-11-9-10-14-22(2)29)17-18-25(24)26-27-19-13-20-28-26/h5-6,13,17-22,29H,3-4,7-12,14-16H2,1-2H3. The molecule has 0 aliphatic carbocycles. The topological polar surface area (TPSA) is 46.0 Å². The number of allylic oxidation sites excluding steroid dienone is 2. The van der Waals surface area contributed by atoms with Gasteiger partial charge in [-0.05, 0) is 75.5 Å². The summed E-state index contributed by atoms with van der Waals surface area (Å²) in [5, 5.41) is 9.39. The van der Waals surface area contributed by atoms with Gasteiger partial charge in [0.2, 0.25) is 0 Å². The van der Waals surface area contributed by atoms with Crippen LogP contribution in [0.5, 0.6) is 0 Å². The Balaban J connectivity index is 1.96. The summed E-state index contributed by atoms with van der Waals surface area (Å²) in [7, 11) is 0. The van der Waals surface area contributed by atoms with Crippen molar-refractivity contribution in [3.63, 3.8) is 0 Å². The Bertz CT molecular complexity index is 710. The molecule has 0 fully saturated rings. The maximum atomic E-state index is 9.39. The van der Waals surface area contributed by atoms with Gasteiger partial charge >= 0.3 is 0 Å². The van der Waals surface area contributed by atoms with E-state index in [4.69, 9.17) is 0 Å². The Morgan fingerprint density at radius 3 is 2.45 bits per heavy atom. The molecule has 1 atom stereocenters. The molecule has 0 saturated carbocycles. The molecule has 3 nitrogen and oxygen atoms in total. The highest BCUT2D eigenvalue weighted by molar-refractivity contribution is 5.60. The van der Waals surface area contributed by atoms with E-state index in [1.54, 1.807) is 0 Å². The molecule has 2 aromatic rings. The van der Waals surface area contributed by atoms with Gasteiger partial charge in [-0.3, -0.25) is 0 Å². The van der Waals surface area contributed by atoms with E-state index in [-0.39, 0.29) is 6.10 Å². The average molecular weight is 395 g/mol. The second-order valence-electron chi connectivity index (χ2n) is 8.02. The lowest BCUT2D eigenvalue weighted by atomic mass is 9.95. The Kier molecular flexibility index (Phi) is 11.3. The summed E-state index contributed by atoms with van der Waals surface area (Å²) < 4.78 is 0. The largest absolute Gasteiger partial charge is 0.393 e. The van der Waals surface area contributed by atoms with Crippen LogP contribution in [0.2, 0.25) is 0 Å². The maximum absolute atomic E-state index is 9.39. The predicted octanol–water partition coefficient (Wildman–Crippen LogP) is 6.70. The molecule has 158 valence electrons. The molecule has 0 spiro atoms. The lowest BCUT2D eigenvalue weighted by Crippen LogP contribution is -1.99. The average Bonchev–Trinajstić information content (AvgIpc) is 2.73. The number of nitrogens with zero attached hydrogens (tertiary/aromatic N) is 2. The molecule has 1 N–H and O–H groups in total. The molecule has 0 aliphatic heterocycles. The first kappa shape index (κ1) is 23.3. The first-order valence-corrected chi connectivity index (χ1v) is 11.4. The van der Waals surface area contributed by atoms with Crippen LogP contribution in [0.3, 0.4) is 0 Å². The number of hydrogen-bond donors (Lipinski definition) is 1. The number of unbranched alkanes of at least 4 members (excludes halogenated alkanes) is 5. The summed E-state index contributed by atoms with van der Waals surface area (Å²) >= 11 is 0. The highest BCUT2D eigenvalue weighted by Crippen LogP contribution is 2.24. The van der Waals surface area contributed by atoms with E-state index < -0.39 is 0 Å². The van der Waals surface area contributed by atoms with Gasteiger partial charge in [0.25, 0.3) is 0 Å². The van der Waals surface area contributed by atoms with Crippen LogP contribution in [0.4, 0.5) is 0 Å². The van der Waals surface area contributed by atoms with Crippen molar-refractivity contribution in [1.82, 2.24) is 9.97 Å². The molecule has 1 unspecified atom stereocenters. The van der Waals surface area contributed by atoms with E-state index in [0.29, 0.717) is 0 Å². The Labute approximate surface area is 177 Å². The number of aryl methyl sites for hydroxylation is 2. The van der Waals surface area contributed by atoms with E-state index in [9.17, 15) is 5.11 Å². The SMILES string of the molecule is CCCC=CCCCCc1cc(CCCCCC(C)O)ccc1-c1ncccn1. The van der Waals surface area contributed by atoms with Gasteiger partial charge in [-0.25, -0.2) is 9.97 Å². The fraction of sp³-hybridized carbons (Fsp3) is 0.538. The molecule has 2 rings (SSSR count). The molecule has 0 aliphatic rings. The van der Waals surface area contributed by atoms with Crippen LogP contribution in [0, 0.1) is 0 Å². The summed E-state index contributed by atoms with van der Waals surface area (Å²) in [5.41, 5.74) is 3.94. The Morgan fingerprint density at radius 1 is 0.931 bits per heavy atom. The smallest absolute Gasteiger partial charge is 0.159 e. The van der Waals surface area contributed by atoms with Crippen molar-refractivity contribution in [3.8, 4) is 11.4 Å². The third-order valence-electron chi connectivity index (χ3n) is 5.25. The third kappa shape index (κ3) is 9.36. The van der Waals surface area contributed by atoms with Crippen molar-refractivity contribution in [2.75, 3.05) is 0 Å². The molecule has 1 aromatic heterocycles. The number of benzene rings is 1. The minimum Gasteiger partial charge on any atom is -0.393 e. The van der Waals surface area contributed by atoms with Gasteiger partial charge in [0, 0.05) is 18.0 Å². The zero-order chi connectivity index (χ0) is 20.7. The van der Waals surface area contributed by atoms with Crippen LogP contribution >= 0.6 is 0 Å². The van der Waals surface area contributed by atoms with Gasteiger partial charge < -0.3 is 5.11 Å². The fourth-order valence-corrected chi connectivity index (χ4v) is 3.59. The normalized spacial score (nSPS) is 12.5. The second kappa shape index (κ2) is 14.1. The van der Waals surface area contributed by atoms with Gasteiger partial charge in [-0.2, -0.15) is 0 Å². The predicted molar refractivity (Wildman–Crippen MR) is 123 cm³/mol. The number of rotatable bonds is 14. The lowest BCUT2D eigenvalue weighted by Gasteiger charge is -2.11. The molecule has 0 bridgehead atoms. The van der Waals surface area contributed by atoms with Gasteiger partial charge in [0.05, 0.1) is 6.10 Å². The fourth-order valence-electron chi connectivity index (χ4n) is 3.59. The highest BCUT2D eigenvalue weighted by atomic mass is 16.3. The number of aliphatic hydroxyl groups excluding tert-OH is 1. The Hall–Kier alpha value is -2.00. The molecule has 29 heavy (non-hydrogen) atoms. The molecular weight excluding hydrogens is 356 g/mol. The van der Waals surface area contributed by atoms with Crippen LogP contribution in [0.25, 0.3) is 11.4 Å². The van der Waals surface area contributed by atoms with E-state index >= 15 is 0 Å². The summed E-state index contributed by atoms with van der Waals surface area (Å²) in [6, 6.07) is 8.68. The summed E-state index contributed by atoms with van der Waals surface area (Å²) in [4.78, 5) is 8.95. The minimum atomic E-state index is -0.177. The second-order valence-corrected chi connectivity index (χ2v) is 8.02. The van der Waals surface area contributed by atoms with Crippen molar-refractivity contribution in [2.24, 2.45) is 0 Å². The zero-order valence-corrected chi connectivity index (χ0v) is 18.3. The van der Waals surface area contributed by atoms with Crippen LogP contribution in [0.15, 0.2) is 48.8 Å². The van der Waals surface area contributed by atoms with Crippen molar-refractivity contribution in [1.29, 1.82) is 0 Å². The van der Waals surface area contributed by atoms with E-state index in [0.717, 1.165) is 31.5 Å². The van der Waals surface area contributed by atoms with Crippen molar-refractivity contribution in [3.05, 3.63) is 59.9 Å². The van der Waals surface area contributed by atoms with Crippen LogP contribution < -0.4 is 0 Å². The summed E-state index contributed by atoms with van der Waals surface area (Å²) in [6.45, 7) is 4.09. The number of hydrogen-bond acceptors (Lipinski definition) is 3. The molecule has 3 heteroatoms. The van der Waals surface area contributed by atoms with Crippen LogP contribution in [-0.4, -0.2) is 21.2 Å². The van der Waals surface area contributed by atoms with Gasteiger partial charge in [-0.1, -0.05) is 56.5 Å². The quantitative estimate of drug-likeness (QED) is 0.286. The summed E-state index contributed by atoms with van der Waals surface area (Å²) in [5.74, 6) is 0.828. The zero-order valence-electron chi connectivity index (χ0n) is 18.3. The molecule has 1 aromatic carbocycles. The van der Waals surface area contributed by atoms with Crippen molar-refractivity contribution < 1.29 is 5.11 Å². The van der Waals surface area contributed by atoms with Gasteiger partial charge in [-0.15, -0.1) is 0 Å². The Morgan fingerprint density at radius 2 is 1.69 bits per heavy atom. The van der Waals surface area contributed by atoms with Crippen LogP contribution in [0.1, 0.15) is 82.8 Å². The first-order chi connectivity index (χ1) is 14.2. The number of aromatic nitrogens is 2.